The van der Waals surface area contributed by atoms with Gasteiger partial charge in [0.15, 0.2) is 23.4 Å². The number of hydrogen-bond donors (Lipinski definition) is 1. The molecule has 0 saturated carbocycles. The van der Waals surface area contributed by atoms with E-state index in [0.717, 1.165) is 22.4 Å². The van der Waals surface area contributed by atoms with Crippen LogP contribution in [0.4, 0.5) is 5.69 Å². The average Bonchev–Trinajstić information content (AvgIpc) is 3.07. The van der Waals surface area contributed by atoms with Crippen LogP contribution in [0.5, 0.6) is 17.4 Å². The van der Waals surface area contributed by atoms with E-state index < -0.39 is 6.23 Å². The lowest BCUT2D eigenvalue weighted by molar-refractivity contribution is 0.224. The molecule has 35 heavy (non-hydrogen) atoms. The van der Waals surface area contributed by atoms with Gasteiger partial charge in [0.25, 0.3) is 0 Å². The molecule has 1 atom stereocenters. The lowest BCUT2D eigenvalue weighted by atomic mass is 10.1. The summed E-state index contributed by atoms with van der Waals surface area (Å²) in [6, 6.07) is 23.6. The molecule has 0 amide bonds. The van der Waals surface area contributed by atoms with Crippen LogP contribution >= 0.6 is 11.8 Å². The van der Waals surface area contributed by atoms with E-state index in [-0.39, 0.29) is 0 Å². The fraction of sp³-hybridized carbons (Fsp3) is 0.148. The number of benzene rings is 3. The molecule has 0 unspecified atom stereocenters. The molecule has 0 fully saturated rings. The average molecular weight is 485 g/mol. The van der Waals surface area contributed by atoms with Crippen LogP contribution in [0.2, 0.25) is 0 Å². The van der Waals surface area contributed by atoms with E-state index in [0.29, 0.717) is 40.6 Å². The second-order valence-electron chi connectivity index (χ2n) is 7.72. The maximum atomic E-state index is 6.35. The van der Waals surface area contributed by atoms with Gasteiger partial charge in [0.2, 0.25) is 11.0 Å². The van der Waals surface area contributed by atoms with Gasteiger partial charge in [-0.3, -0.25) is 0 Å². The molecule has 1 N–H and O–H groups in total. The highest BCUT2D eigenvalue weighted by Gasteiger charge is 2.26. The van der Waals surface area contributed by atoms with Crippen LogP contribution in [0.15, 0.2) is 90.6 Å². The monoisotopic (exact) mass is 484 g/mol. The van der Waals surface area contributed by atoms with Crippen LogP contribution in [-0.4, -0.2) is 28.0 Å². The van der Waals surface area contributed by atoms with Crippen LogP contribution in [0.25, 0.3) is 11.3 Å². The van der Waals surface area contributed by atoms with E-state index in [4.69, 9.17) is 14.2 Å². The number of para-hydroxylation sites is 1. The number of thioether (sulfide) groups is 1. The number of ether oxygens (including phenoxy) is 3. The van der Waals surface area contributed by atoms with Gasteiger partial charge in [-0.15, -0.1) is 16.8 Å². The van der Waals surface area contributed by atoms with Crippen molar-refractivity contribution in [3.05, 3.63) is 96.6 Å². The summed E-state index contributed by atoms with van der Waals surface area (Å²) in [5, 5.41) is 12.7. The Morgan fingerprint density at radius 2 is 1.86 bits per heavy atom. The highest BCUT2D eigenvalue weighted by atomic mass is 32.2. The molecule has 1 aromatic heterocycles. The van der Waals surface area contributed by atoms with Crippen molar-refractivity contribution in [2.75, 3.05) is 18.2 Å². The first kappa shape index (κ1) is 22.7. The Kier molecular flexibility index (Phi) is 6.81. The molecule has 5 rings (SSSR count). The fourth-order valence-corrected chi connectivity index (χ4v) is 4.21. The Morgan fingerprint density at radius 1 is 1.03 bits per heavy atom. The highest BCUT2D eigenvalue weighted by Crippen LogP contribution is 2.40. The molecule has 7 nitrogen and oxygen atoms in total. The molecule has 1 aliphatic heterocycles. The third kappa shape index (κ3) is 5.07. The van der Waals surface area contributed by atoms with Crippen molar-refractivity contribution >= 4 is 17.4 Å². The minimum absolute atomic E-state index is 0.414. The van der Waals surface area contributed by atoms with Crippen molar-refractivity contribution < 1.29 is 14.2 Å². The van der Waals surface area contributed by atoms with Gasteiger partial charge in [0.05, 0.1) is 7.11 Å². The number of hydrogen-bond acceptors (Lipinski definition) is 8. The van der Waals surface area contributed by atoms with Crippen molar-refractivity contribution in [1.82, 2.24) is 15.2 Å². The molecule has 0 aliphatic carbocycles. The van der Waals surface area contributed by atoms with Crippen LogP contribution in [0.3, 0.4) is 0 Å². The first-order valence-corrected chi connectivity index (χ1v) is 12.1. The molecule has 3 aromatic carbocycles. The number of aromatic nitrogens is 3. The maximum Gasteiger partial charge on any atom is 0.247 e. The molecule has 1 aliphatic rings. The van der Waals surface area contributed by atoms with Gasteiger partial charge in [0, 0.05) is 22.6 Å². The third-order valence-electron chi connectivity index (χ3n) is 5.39. The van der Waals surface area contributed by atoms with Gasteiger partial charge in [0.1, 0.15) is 6.61 Å². The van der Waals surface area contributed by atoms with Crippen molar-refractivity contribution in [3.63, 3.8) is 0 Å². The largest absolute Gasteiger partial charge is 0.493 e. The van der Waals surface area contributed by atoms with E-state index in [9.17, 15) is 0 Å². The molecule has 8 heteroatoms. The SMILES string of the molecule is C=CCSc1nnc2c(n1)O[C@H](c1ccc(OCc3ccccc3)c(OC)c1)Nc1ccccc1-2. The van der Waals surface area contributed by atoms with Gasteiger partial charge in [-0.05, 0) is 29.8 Å². The van der Waals surface area contributed by atoms with E-state index in [1.807, 2.05) is 72.8 Å². The Hall–Kier alpha value is -4.04. The Labute approximate surface area is 208 Å². The van der Waals surface area contributed by atoms with Crippen molar-refractivity contribution in [1.29, 1.82) is 0 Å². The number of fused-ring (bicyclic) bond motifs is 3. The summed E-state index contributed by atoms with van der Waals surface area (Å²) < 4.78 is 18.0. The Balaban J connectivity index is 1.46. The van der Waals surface area contributed by atoms with E-state index in [1.165, 1.54) is 11.8 Å². The smallest absolute Gasteiger partial charge is 0.247 e. The molecule has 4 aromatic rings. The fourth-order valence-electron chi connectivity index (χ4n) is 3.69. The summed E-state index contributed by atoms with van der Waals surface area (Å²) in [5.74, 6) is 2.36. The first-order valence-electron chi connectivity index (χ1n) is 11.1. The van der Waals surface area contributed by atoms with Crippen molar-refractivity contribution in [2.24, 2.45) is 0 Å². The second-order valence-corrected chi connectivity index (χ2v) is 8.71. The summed E-state index contributed by atoms with van der Waals surface area (Å²) in [6.45, 7) is 4.20. The molecular weight excluding hydrogens is 460 g/mol. The van der Waals surface area contributed by atoms with E-state index >= 15 is 0 Å². The van der Waals surface area contributed by atoms with Gasteiger partial charge in [-0.1, -0.05) is 66.4 Å². The number of methoxy groups -OCH3 is 1. The summed E-state index contributed by atoms with van der Waals surface area (Å²) in [6.07, 6.45) is 1.27. The number of anilines is 1. The zero-order valence-corrected chi connectivity index (χ0v) is 20.0. The maximum absolute atomic E-state index is 6.35. The Bertz CT molecular complexity index is 1330. The molecule has 0 saturated heterocycles. The molecule has 176 valence electrons. The molecule has 0 bridgehead atoms. The van der Waals surface area contributed by atoms with E-state index in [2.05, 4.69) is 27.1 Å². The van der Waals surface area contributed by atoms with Gasteiger partial charge in [-0.2, -0.15) is 4.98 Å². The number of nitrogens with zero attached hydrogens (tertiary/aromatic N) is 3. The number of rotatable bonds is 8. The number of nitrogens with one attached hydrogen (secondary N) is 1. The highest BCUT2D eigenvalue weighted by molar-refractivity contribution is 7.99. The van der Waals surface area contributed by atoms with Crippen LogP contribution < -0.4 is 19.5 Å². The van der Waals surface area contributed by atoms with Gasteiger partial charge < -0.3 is 19.5 Å². The third-order valence-corrected chi connectivity index (χ3v) is 6.22. The van der Waals surface area contributed by atoms with Gasteiger partial charge in [-0.25, -0.2) is 0 Å². The standard InChI is InChI=1S/C27H24N4O3S/c1-3-15-35-27-29-26-24(30-31-27)20-11-7-8-12-21(20)28-25(34-26)19-13-14-22(23(16-19)32-2)33-17-18-9-5-4-6-10-18/h3-14,16,25,28H,1,15,17H2,2H3/t25-/m1/s1. The minimum atomic E-state index is -0.525. The molecule has 0 radical (unpaired) electrons. The van der Waals surface area contributed by atoms with Gasteiger partial charge >= 0.3 is 0 Å². The predicted octanol–water partition coefficient (Wildman–Crippen LogP) is 5.91. The normalized spacial score (nSPS) is 13.9. The van der Waals surface area contributed by atoms with Crippen LogP contribution in [0, 0.1) is 0 Å². The lowest BCUT2D eigenvalue weighted by Gasteiger charge is -2.21. The zero-order chi connectivity index (χ0) is 24.0. The minimum Gasteiger partial charge on any atom is -0.493 e. The van der Waals surface area contributed by atoms with E-state index in [1.54, 1.807) is 13.2 Å². The second kappa shape index (κ2) is 10.5. The van der Waals surface area contributed by atoms with Crippen LogP contribution in [0.1, 0.15) is 17.4 Å². The Morgan fingerprint density at radius 3 is 2.69 bits per heavy atom. The lowest BCUT2D eigenvalue weighted by Crippen LogP contribution is -2.17. The van der Waals surface area contributed by atoms with Crippen molar-refractivity contribution in [3.8, 4) is 28.6 Å². The van der Waals surface area contributed by atoms with Crippen molar-refractivity contribution in [2.45, 2.75) is 18.0 Å². The summed E-state index contributed by atoms with van der Waals surface area (Å²) >= 11 is 1.45. The topological polar surface area (TPSA) is 78.4 Å². The van der Waals surface area contributed by atoms with Crippen LogP contribution in [-0.2, 0) is 6.61 Å². The summed E-state index contributed by atoms with van der Waals surface area (Å²) in [7, 11) is 1.63. The molecular formula is C27H24N4O3S. The predicted molar refractivity (Wildman–Crippen MR) is 137 cm³/mol. The quantitative estimate of drug-likeness (QED) is 0.244. The summed E-state index contributed by atoms with van der Waals surface area (Å²) in [5.41, 5.74) is 4.28. The summed E-state index contributed by atoms with van der Waals surface area (Å²) in [4.78, 5) is 4.63. The zero-order valence-electron chi connectivity index (χ0n) is 19.2. The molecule has 0 spiro atoms. The molecule has 2 heterocycles. The first-order chi connectivity index (χ1) is 17.2.